The maximum atomic E-state index is 5.65. The van der Waals surface area contributed by atoms with Crippen molar-refractivity contribution >= 4 is 11.8 Å². The van der Waals surface area contributed by atoms with Gasteiger partial charge in [-0.05, 0) is 30.9 Å². The first-order valence-corrected chi connectivity index (χ1v) is 6.25. The fourth-order valence-corrected chi connectivity index (χ4v) is 2.48. The molecule has 15 heavy (non-hydrogen) atoms. The summed E-state index contributed by atoms with van der Waals surface area (Å²) >= 11 is 1.69. The van der Waals surface area contributed by atoms with Crippen molar-refractivity contribution in [1.82, 2.24) is 0 Å². The first-order valence-electron chi connectivity index (χ1n) is 5.02. The average molecular weight is 225 g/mol. The van der Waals surface area contributed by atoms with Crippen molar-refractivity contribution in [3.63, 3.8) is 0 Å². The highest BCUT2D eigenvalue weighted by Gasteiger charge is 2.18. The molecule has 0 saturated heterocycles. The highest BCUT2D eigenvalue weighted by atomic mass is 32.2. The highest BCUT2D eigenvalue weighted by Crippen LogP contribution is 2.41. The van der Waals surface area contributed by atoms with Gasteiger partial charge in [-0.15, -0.1) is 11.8 Å². The number of rotatable bonds is 3. The zero-order valence-corrected chi connectivity index (χ0v) is 9.60. The smallest absolute Gasteiger partial charge is 0.175 e. The lowest BCUT2D eigenvalue weighted by Gasteiger charge is -2.22. The number of hydrogen-bond acceptors (Lipinski definition) is 4. The Hall–Kier alpha value is -0.870. The van der Waals surface area contributed by atoms with Gasteiger partial charge < -0.3 is 15.2 Å². The topological polar surface area (TPSA) is 44.5 Å². The van der Waals surface area contributed by atoms with Crippen LogP contribution in [0.15, 0.2) is 17.0 Å². The maximum absolute atomic E-state index is 5.65. The van der Waals surface area contributed by atoms with Gasteiger partial charge in [0.1, 0.15) is 13.2 Å². The summed E-state index contributed by atoms with van der Waals surface area (Å²) in [6.07, 6.45) is 2.93. The molecule has 0 saturated carbocycles. The zero-order valence-electron chi connectivity index (χ0n) is 8.79. The van der Waals surface area contributed by atoms with E-state index in [4.69, 9.17) is 15.2 Å². The molecule has 0 fully saturated rings. The summed E-state index contributed by atoms with van der Waals surface area (Å²) in [5, 5.41) is 0. The molecule has 3 nitrogen and oxygen atoms in total. The van der Waals surface area contributed by atoms with Crippen LogP contribution in [0.2, 0.25) is 0 Å². The Bertz CT molecular complexity index is 355. The lowest BCUT2D eigenvalue weighted by atomic mass is 10.1. The van der Waals surface area contributed by atoms with Gasteiger partial charge in [0.2, 0.25) is 0 Å². The molecule has 0 bridgehead atoms. The van der Waals surface area contributed by atoms with E-state index in [1.54, 1.807) is 11.8 Å². The molecule has 1 aliphatic heterocycles. The molecule has 2 rings (SSSR count). The number of ether oxygens (including phenoxy) is 2. The summed E-state index contributed by atoms with van der Waals surface area (Å²) in [6.45, 7) is 1.93. The lowest BCUT2D eigenvalue weighted by molar-refractivity contribution is 0.167. The molecule has 1 aromatic carbocycles. The van der Waals surface area contributed by atoms with Crippen molar-refractivity contribution < 1.29 is 9.47 Å². The van der Waals surface area contributed by atoms with E-state index in [0.717, 1.165) is 22.8 Å². The van der Waals surface area contributed by atoms with Crippen LogP contribution in [0.4, 0.5) is 0 Å². The fourth-order valence-electron chi connectivity index (χ4n) is 1.71. The summed E-state index contributed by atoms with van der Waals surface area (Å²) in [5.74, 6) is 1.74. The Kier molecular flexibility index (Phi) is 3.38. The third-order valence-corrected chi connectivity index (χ3v) is 3.22. The second-order valence-electron chi connectivity index (χ2n) is 3.32. The van der Waals surface area contributed by atoms with Crippen molar-refractivity contribution in [3.8, 4) is 11.5 Å². The summed E-state index contributed by atoms with van der Waals surface area (Å²) < 4.78 is 11.2. The first kappa shape index (κ1) is 10.6. The predicted octanol–water partition coefficient (Wildman–Crippen LogP) is 1.68. The monoisotopic (exact) mass is 225 g/mol. The molecule has 4 heteroatoms. The number of fused-ring (bicyclic) bond motifs is 1. The summed E-state index contributed by atoms with van der Waals surface area (Å²) in [6, 6.07) is 4.05. The molecule has 82 valence electrons. The van der Waals surface area contributed by atoms with Gasteiger partial charge in [0.05, 0.1) is 4.90 Å². The van der Waals surface area contributed by atoms with Gasteiger partial charge in [-0.3, -0.25) is 0 Å². The third-order valence-electron chi connectivity index (χ3n) is 2.36. The molecule has 2 N–H and O–H groups in total. The second kappa shape index (κ2) is 4.77. The Morgan fingerprint density at radius 2 is 2.13 bits per heavy atom. The molecular weight excluding hydrogens is 210 g/mol. The van der Waals surface area contributed by atoms with Crippen molar-refractivity contribution in [2.75, 3.05) is 26.0 Å². The molecule has 0 aromatic heterocycles. The zero-order chi connectivity index (χ0) is 10.7. The molecule has 0 atom stereocenters. The number of nitrogens with two attached hydrogens (primary N) is 1. The molecule has 0 unspecified atom stereocenters. The number of thioether (sulfide) groups is 1. The van der Waals surface area contributed by atoms with Crippen LogP contribution in [0.3, 0.4) is 0 Å². The molecule has 0 amide bonds. The average Bonchev–Trinajstić information content (AvgIpc) is 2.29. The minimum Gasteiger partial charge on any atom is -0.486 e. The van der Waals surface area contributed by atoms with Gasteiger partial charge in [-0.25, -0.2) is 0 Å². The minimum atomic E-state index is 0.632. The number of hydrogen-bond donors (Lipinski definition) is 1. The van der Waals surface area contributed by atoms with Crippen LogP contribution < -0.4 is 15.2 Å². The van der Waals surface area contributed by atoms with Crippen LogP contribution in [0.5, 0.6) is 11.5 Å². The molecule has 0 aliphatic carbocycles. The van der Waals surface area contributed by atoms with Crippen molar-refractivity contribution in [3.05, 3.63) is 17.7 Å². The Labute approximate surface area is 93.9 Å². The SMILES string of the molecule is CSc1c(CCN)ccc2c1OCCO2. The first-order chi connectivity index (χ1) is 7.36. The van der Waals surface area contributed by atoms with Crippen LogP contribution in [-0.4, -0.2) is 26.0 Å². The van der Waals surface area contributed by atoms with Crippen molar-refractivity contribution in [1.29, 1.82) is 0 Å². The Balaban J connectivity index is 2.42. The number of benzene rings is 1. The quantitative estimate of drug-likeness (QED) is 0.795. The summed E-state index contributed by atoms with van der Waals surface area (Å²) in [7, 11) is 0. The standard InChI is InChI=1S/C11H15NO2S/c1-15-11-8(4-5-12)2-3-9-10(11)14-7-6-13-9/h2-3H,4-7,12H2,1H3. The third kappa shape index (κ3) is 2.06. The minimum absolute atomic E-state index is 0.632. The summed E-state index contributed by atoms with van der Waals surface area (Å²) in [5.41, 5.74) is 6.82. The van der Waals surface area contributed by atoms with Crippen LogP contribution in [0.1, 0.15) is 5.56 Å². The van der Waals surface area contributed by atoms with E-state index in [-0.39, 0.29) is 0 Å². The lowest BCUT2D eigenvalue weighted by Crippen LogP contribution is -2.16. The van der Waals surface area contributed by atoms with E-state index in [1.165, 1.54) is 5.56 Å². The van der Waals surface area contributed by atoms with E-state index in [1.807, 2.05) is 12.3 Å². The predicted molar refractivity (Wildman–Crippen MR) is 62.0 cm³/mol. The van der Waals surface area contributed by atoms with Crippen LogP contribution in [0.25, 0.3) is 0 Å². The van der Waals surface area contributed by atoms with Crippen molar-refractivity contribution in [2.24, 2.45) is 5.73 Å². The van der Waals surface area contributed by atoms with Gasteiger partial charge in [-0.1, -0.05) is 6.07 Å². The second-order valence-corrected chi connectivity index (χ2v) is 4.14. The van der Waals surface area contributed by atoms with Crippen molar-refractivity contribution in [2.45, 2.75) is 11.3 Å². The molecule has 0 spiro atoms. The normalized spacial score (nSPS) is 14.0. The molecule has 0 radical (unpaired) electrons. The molecule has 1 aromatic rings. The van der Waals surface area contributed by atoms with Gasteiger partial charge in [-0.2, -0.15) is 0 Å². The van der Waals surface area contributed by atoms with Gasteiger partial charge >= 0.3 is 0 Å². The Morgan fingerprint density at radius 1 is 1.33 bits per heavy atom. The van der Waals surface area contributed by atoms with Crippen LogP contribution >= 0.6 is 11.8 Å². The maximum Gasteiger partial charge on any atom is 0.175 e. The summed E-state index contributed by atoms with van der Waals surface area (Å²) in [4.78, 5) is 1.16. The van der Waals surface area contributed by atoms with Crippen LogP contribution in [0, 0.1) is 0 Å². The molecule has 1 aliphatic rings. The van der Waals surface area contributed by atoms with Gasteiger partial charge in [0.15, 0.2) is 11.5 Å². The Morgan fingerprint density at radius 3 is 2.87 bits per heavy atom. The fraction of sp³-hybridized carbons (Fsp3) is 0.455. The van der Waals surface area contributed by atoms with E-state index in [2.05, 4.69) is 6.07 Å². The van der Waals surface area contributed by atoms with Gasteiger partial charge in [0, 0.05) is 0 Å². The van der Waals surface area contributed by atoms with E-state index >= 15 is 0 Å². The molecule has 1 heterocycles. The van der Waals surface area contributed by atoms with Gasteiger partial charge in [0.25, 0.3) is 0 Å². The van der Waals surface area contributed by atoms with E-state index in [0.29, 0.717) is 19.8 Å². The van der Waals surface area contributed by atoms with E-state index in [9.17, 15) is 0 Å². The highest BCUT2D eigenvalue weighted by molar-refractivity contribution is 7.98. The van der Waals surface area contributed by atoms with Crippen LogP contribution in [-0.2, 0) is 6.42 Å². The largest absolute Gasteiger partial charge is 0.486 e. The molecular formula is C11H15NO2S. The van der Waals surface area contributed by atoms with E-state index < -0.39 is 0 Å².